The van der Waals surface area contributed by atoms with E-state index in [1.54, 1.807) is 12.3 Å². The lowest BCUT2D eigenvalue weighted by atomic mass is 10.1. The van der Waals surface area contributed by atoms with Gasteiger partial charge in [0, 0.05) is 24.8 Å². The minimum absolute atomic E-state index is 0. The van der Waals surface area contributed by atoms with Crippen LogP contribution < -0.4 is 15.4 Å². The lowest BCUT2D eigenvalue weighted by Gasteiger charge is -2.23. The fourth-order valence-corrected chi connectivity index (χ4v) is 2.38. The van der Waals surface area contributed by atoms with Crippen molar-refractivity contribution in [2.75, 3.05) is 6.54 Å². The van der Waals surface area contributed by atoms with Gasteiger partial charge in [-0.05, 0) is 45.4 Å². The Hall–Kier alpha value is -1.54. The van der Waals surface area contributed by atoms with Crippen molar-refractivity contribution in [1.82, 2.24) is 15.6 Å². The van der Waals surface area contributed by atoms with E-state index in [1.807, 2.05) is 52.0 Å². The first-order chi connectivity index (χ1) is 12.4. The number of hydrogen-bond donors (Lipinski definition) is 2. The largest absolute Gasteiger partial charge is 0.488 e. The van der Waals surface area contributed by atoms with E-state index < -0.39 is 0 Å². The van der Waals surface area contributed by atoms with E-state index in [-0.39, 0.29) is 29.6 Å². The van der Waals surface area contributed by atoms with Gasteiger partial charge in [0.25, 0.3) is 0 Å². The zero-order valence-electron chi connectivity index (χ0n) is 16.3. The molecule has 0 aliphatic carbocycles. The van der Waals surface area contributed by atoms with Gasteiger partial charge >= 0.3 is 0 Å². The Balaban J connectivity index is 0.00000364. The van der Waals surface area contributed by atoms with Gasteiger partial charge in [0.15, 0.2) is 5.96 Å². The van der Waals surface area contributed by atoms with Crippen LogP contribution >= 0.6 is 35.6 Å². The predicted octanol–water partition coefficient (Wildman–Crippen LogP) is 4.79. The predicted molar refractivity (Wildman–Crippen MR) is 123 cm³/mol. The van der Waals surface area contributed by atoms with Crippen LogP contribution in [-0.2, 0) is 13.1 Å². The van der Waals surface area contributed by atoms with Crippen LogP contribution in [0.15, 0.2) is 47.6 Å². The molecule has 7 heteroatoms. The Morgan fingerprint density at radius 1 is 1.15 bits per heavy atom. The third-order valence-electron chi connectivity index (χ3n) is 3.39. The molecule has 148 valence electrons. The topological polar surface area (TPSA) is 58.5 Å². The number of guanidine groups is 1. The van der Waals surface area contributed by atoms with E-state index in [4.69, 9.17) is 16.3 Å². The van der Waals surface area contributed by atoms with E-state index >= 15 is 0 Å². The van der Waals surface area contributed by atoms with Crippen LogP contribution in [0.2, 0.25) is 5.15 Å². The van der Waals surface area contributed by atoms with Crippen LogP contribution in [0.4, 0.5) is 0 Å². The number of pyridine rings is 1. The number of nitrogens with one attached hydrogen (secondary N) is 2. The Morgan fingerprint density at radius 2 is 1.89 bits per heavy atom. The second kappa shape index (κ2) is 11.3. The van der Waals surface area contributed by atoms with Crippen LogP contribution in [0.1, 0.15) is 38.8 Å². The summed E-state index contributed by atoms with van der Waals surface area (Å²) in [4.78, 5) is 8.68. The monoisotopic (exact) mass is 502 g/mol. The summed E-state index contributed by atoms with van der Waals surface area (Å²) >= 11 is 5.82. The van der Waals surface area contributed by atoms with E-state index in [9.17, 15) is 0 Å². The molecule has 0 spiro atoms. The van der Waals surface area contributed by atoms with Gasteiger partial charge in [-0.3, -0.25) is 0 Å². The third kappa shape index (κ3) is 8.79. The average molecular weight is 503 g/mol. The van der Waals surface area contributed by atoms with E-state index in [1.165, 1.54) is 0 Å². The highest BCUT2D eigenvalue weighted by atomic mass is 127. The van der Waals surface area contributed by atoms with Crippen molar-refractivity contribution in [3.63, 3.8) is 0 Å². The molecule has 27 heavy (non-hydrogen) atoms. The highest BCUT2D eigenvalue weighted by Crippen LogP contribution is 2.22. The maximum atomic E-state index is 6.04. The molecule has 0 fully saturated rings. The smallest absolute Gasteiger partial charge is 0.191 e. The summed E-state index contributed by atoms with van der Waals surface area (Å²) in [7, 11) is 0. The standard InChI is InChI=1S/C20H27ClN4O.HI/c1-5-22-19(24-13-15-10-11-18(21)23-12-15)25-14-16-8-6-7-9-17(16)26-20(2,3)4;/h6-12H,5,13-14H2,1-4H3,(H2,22,24,25);1H. The third-order valence-corrected chi connectivity index (χ3v) is 3.61. The van der Waals surface area contributed by atoms with Crippen molar-refractivity contribution < 1.29 is 4.74 Å². The first kappa shape index (κ1) is 23.5. The molecule has 0 bridgehead atoms. The highest BCUT2D eigenvalue weighted by Gasteiger charge is 2.14. The molecule has 0 amide bonds. The SMILES string of the molecule is CCNC(=NCc1ccc(Cl)nc1)NCc1ccccc1OC(C)(C)C.I. The lowest BCUT2D eigenvalue weighted by Crippen LogP contribution is -2.37. The van der Waals surface area contributed by atoms with Crippen LogP contribution in [0.25, 0.3) is 0 Å². The second-order valence-electron chi connectivity index (χ2n) is 6.86. The van der Waals surface area contributed by atoms with Crippen LogP contribution in [-0.4, -0.2) is 23.1 Å². The molecule has 0 aliphatic heterocycles. The molecule has 1 heterocycles. The maximum Gasteiger partial charge on any atom is 0.191 e. The Kier molecular flexibility index (Phi) is 9.87. The molecule has 2 aromatic rings. The van der Waals surface area contributed by atoms with Gasteiger partial charge in [0.05, 0.1) is 6.54 Å². The van der Waals surface area contributed by atoms with Crippen molar-refractivity contribution in [2.24, 2.45) is 4.99 Å². The molecule has 2 N–H and O–H groups in total. The molecule has 5 nitrogen and oxygen atoms in total. The number of halogens is 2. The minimum atomic E-state index is -0.240. The van der Waals surface area contributed by atoms with Crippen LogP contribution in [0.3, 0.4) is 0 Å². The molecule has 1 aromatic carbocycles. The number of rotatable bonds is 6. The molecular formula is C20H28ClIN4O. The first-order valence-electron chi connectivity index (χ1n) is 8.77. The first-order valence-corrected chi connectivity index (χ1v) is 9.14. The normalized spacial score (nSPS) is 11.5. The zero-order valence-corrected chi connectivity index (χ0v) is 19.3. The van der Waals surface area contributed by atoms with Crippen molar-refractivity contribution in [3.8, 4) is 5.75 Å². The fraction of sp³-hybridized carbons (Fsp3) is 0.400. The van der Waals surface area contributed by atoms with Gasteiger partial charge in [-0.15, -0.1) is 24.0 Å². The summed E-state index contributed by atoms with van der Waals surface area (Å²) in [6.07, 6.45) is 1.74. The van der Waals surface area contributed by atoms with Crippen molar-refractivity contribution in [2.45, 2.75) is 46.4 Å². The van der Waals surface area contributed by atoms with E-state index in [0.29, 0.717) is 18.2 Å². The molecule has 2 rings (SSSR count). The van der Waals surface area contributed by atoms with Gasteiger partial charge in [-0.2, -0.15) is 0 Å². The van der Waals surface area contributed by atoms with Crippen molar-refractivity contribution >= 4 is 41.5 Å². The van der Waals surface area contributed by atoms with E-state index in [2.05, 4.69) is 26.7 Å². The second-order valence-corrected chi connectivity index (χ2v) is 7.25. The number of benzene rings is 1. The summed E-state index contributed by atoms with van der Waals surface area (Å²) in [6, 6.07) is 11.7. The van der Waals surface area contributed by atoms with Crippen molar-refractivity contribution in [1.29, 1.82) is 0 Å². The van der Waals surface area contributed by atoms with Gasteiger partial charge < -0.3 is 15.4 Å². The fourth-order valence-electron chi connectivity index (χ4n) is 2.27. The van der Waals surface area contributed by atoms with Crippen molar-refractivity contribution in [3.05, 3.63) is 58.9 Å². The van der Waals surface area contributed by atoms with Gasteiger partial charge in [-0.25, -0.2) is 9.98 Å². The molecule has 0 atom stereocenters. The molecule has 0 saturated carbocycles. The minimum Gasteiger partial charge on any atom is -0.488 e. The van der Waals surface area contributed by atoms with Gasteiger partial charge in [0.2, 0.25) is 0 Å². The summed E-state index contributed by atoms with van der Waals surface area (Å²) in [6.45, 7) is 10.1. The number of aliphatic imine (C=N–C) groups is 1. The Labute approximate surface area is 184 Å². The summed E-state index contributed by atoms with van der Waals surface area (Å²) in [5.41, 5.74) is 1.85. The van der Waals surface area contributed by atoms with E-state index in [0.717, 1.165) is 29.4 Å². The number of hydrogen-bond acceptors (Lipinski definition) is 3. The summed E-state index contributed by atoms with van der Waals surface area (Å²) in [5, 5.41) is 7.10. The Morgan fingerprint density at radius 3 is 2.52 bits per heavy atom. The maximum absolute atomic E-state index is 6.04. The Bertz CT molecular complexity index is 730. The molecule has 1 aromatic heterocycles. The lowest BCUT2D eigenvalue weighted by molar-refractivity contribution is 0.129. The number of nitrogens with zero attached hydrogens (tertiary/aromatic N) is 2. The van der Waals surface area contributed by atoms with Crippen LogP contribution in [0.5, 0.6) is 5.75 Å². The zero-order chi connectivity index (χ0) is 19.0. The number of aromatic nitrogens is 1. The number of ether oxygens (including phenoxy) is 1. The highest BCUT2D eigenvalue weighted by molar-refractivity contribution is 14.0. The van der Waals surface area contributed by atoms with Crippen LogP contribution in [0, 0.1) is 0 Å². The summed E-state index contributed by atoms with van der Waals surface area (Å²) in [5.74, 6) is 1.62. The molecule has 0 saturated heterocycles. The van der Waals surface area contributed by atoms with Gasteiger partial charge in [-0.1, -0.05) is 35.9 Å². The molecule has 0 aliphatic rings. The quantitative estimate of drug-likeness (QED) is 0.258. The summed E-state index contributed by atoms with van der Waals surface area (Å²) < 4.78 is 6.04. The van der Waals surface area contributed by atoms with Gasteiger partial charge in [0.1, 0.15) is 16.5 Å². The molecule has 0 radical (unpaired) electrons. The molecular weight excluding hydrogens is 475 g/mol. The number of para-hydroxylation sites is 1. The molecule has 0 unspecified atom stereocenters. The average Bonchev–Trinajstić information content (AvgIpc) is 2.58.